The molecule has 3 rings (SSSR count). The Balaban J connectivity index is 1.90. The minimum Gasteiger partial charge on any atom is -0.494 e. The molecule has 0 aliphatic carbocycles. The highest BCUT2D eigenvalue weighted by atomic mass is 16.3. The number of rotatable bonds is 3. The van der Waals surface area contributed by atoms with Gasteiger partial charge in [-0.2, -0.15) is 5.10 Å². The Bertz CT molecular complexity index is 948. The molecule has 0 aliphatic heterocycles. The molecule has 0 saturated heterocycles. The van der Waals surface area contributed by atoms with Crippen LogP contribution in [-0.4, -0.2) is 27.2 Å². The molecule has 1 amide bonds. The average molecular weight is 308 g/mol. The average Bonchev–Trinajstić information content (AvgIpc) is 2.58. The molecule has 0 spiro atoms. The number of carbonyl (C=O) groups is 1. The van der Waals surface area contributed by atoms with Crippen LogP contribution in [-0.2, 0) is 0 Å². The van der Waals surface area contributed by atoms with Crippen LogP contribution in [0.2, 0.25) is 0 Å². The highest BCUT2D eigenvalue weighted by Crippen LogP contribution is 2.19. The zero-order valence-electron chi connectivity index (χ0n) is 11.9. The summed E-state index contributed by atoms with van der Waals surface area (Å²) in [7, 11) is 0. The lowest BCUT2D eigenvalue weighted by atomic mass is 10.1. The number of hydrogen-bond acceptors (Lipinski definition) is 5. The molecule has 2 aromatic heterocycles. The summed E-state index contributed by atoms with van der Waals surface area (Å²) in [5.41, 5.74) is 2.62. The molecule has 7 nitrogen and oxygen atoms in total. The maximum absolute atomic E-state index is 11.9. The van der Waals surface area contributed by atoms with Crippen molar-refractivity contribution in [3.63, 3.8) is 0 Å². The summed E-state index contributed by atoms with van der Waals surface area (Å²) in [6, 6.07) is 10.0. The molecule has 2 heterocycles. The van der Waals surface area contributed by atoms with Gasteiger partial charge in [0, 0.05) is 23.2 Å². The Kier molecular flexibility index (Phi) is 3.84. The summed E-state index contributed by atoms with van der Waals surface area (Å²) in [4.78, 5) is 29.8. The fraction of sp³-hybridized carbons (Fsp3) is 0. The van der Waals surface area contributed by atoms with Gasteiger partial charge in [0.1, 0.15) is 0 Å². The standard InChI is InChI=1S/C16H12N4O3/c21-14(10-4-3-7-17-8-10)20-18-9-13-11-5-1-2-6-12(11)15(22)19-16(13)23/h1-9H,(H,20,21)(H2,19,22,23)/b18-9+. The lowest BCUT2D eigenvalue weighted by Gasteiger charge is -2.04. The first kappa shape index (κ1) is 14.5. The molecule has 0 saturated carbocycles. The number of hydrogen-bond donors (Lipinski definition) is 3. The Morgan fingerprint density at radius 2 is 2.00 bits per heavy atom. The largest absolute Gasteiger partial charge is 0.494 e. The van der Waals surface area contributed by atoms with Crippen molar-refractivity contribution >= 4 is 22.9 Å². The Morgan fingerprint density at radius 3 is 2.74 bits per heavy atom. The van der Waals surface area contributed by atoms with Crippen LogP contribution in [0.25, 0.3) is 10.8 Å². The van der Waals surface area contributed by atoms with Gasteiger partial charge in [-0.15, -0.1) is 0 Å². The second kappa shape index (κ2) is 6.10. The highest BCUT2D eigenvalue weighted by molar-refractivity contribution is 6.02. The molecule has 1 aromatic carbocycles. The van der Waals surface area contributed by atoms with Gasteiger partial charge in [0.2, 0.25) is 5.88 Å². The predicted molar refractivity (Wildman–Crippen MR) is 85.5 cm³/mol. The van der Waals surface area contributed by atoms with E-state index in [9.17, 15) is 14.7 Å². The van der Waals surface area contributed by atoms with E-state index in [1.807, 2.05) is 0 Å². The quantitative estimate of drug-likeness (QED) is 0.502. The molecule has 0 atom stereocenters. The van der Waals surface area contributed by atoms with Gasteiger partial charge in [-0.3, -0.25) is 19.6 Å². The third kappa shape index (κ3) is 2.93. The molecule has 0 bridgehead atoms. The van der Waals surface area contributed by atoms with Crippen LogP contribution in [0.15, 0.2) is 58.7 Å². The molecule has 0 unspecified atom stereocenters. The Hall–Kier alpha value is -3.48. The molecular formula is C16H12N4O3. The number of hydrazone groups is 1. The predicted octanol–water partition coefficient (Wildman–Crippen LogP) is 1.39. The second-order valence-electron chi connectivity index (χ2n) is 4.70. The molecule has 0 aliphatic rings. The van der Waals surface area contributed by atoms with E-state index in [1.165, 1.54) is 12.4 Å². The topological polar surface area (TPSA) is 107 Å². The number of aromatic amines is 1. The number of amides is 1. The van der Waals surface area contributed by atoms with Crippen LogP contribution in [0.1, 0.15) is 15.9 Å². The van der Waals surface area contributed by atoms with Gasteiger partial charge in [-0.1, -0.05) is 18.2 Å². The summed E-state index contributed by atoms with van der Waals surface area (Å²) in [5, 5.41) is 14.7. The number of nitrogens with one attached hydrogen (secondary N) is 2. The number of carbonyl (C=O) groups excluding carboxylic acids is 1. The molecule has 23 heavy (non-hydrogen) atoms. The first-order valence-electron chi connectivity index (χ1n) is 6.74. The van der Waals surface area contributed by atoms with Crippen molar-refractivity contribution in [3.05, 3.63) is 70.3 Å². The van der Waals surface area contributed by atoms with Crippen molar-refractivity contribution in [3.8, 4) is 5.88 Å². The van der Waals surface area contributed by atoms with E-state index in [1.54, 1.807) is 42.6 Å². The Morgan fingerprint density at radius 1 is 1.22 bits per heavy atom. The smallest absolute Gasteiger partial charge is 0.272 e. The van der Waals surface area contributed by atoms with Crippen LogP contribution in [0, 0.1) is 0 Å². The van der Waals surface area contributed by atoms with Crippen molar-refractivity contribution in [1.29, 1.82) is 0 Å². The van der Waals surface area contributed by atoms with Crippen LogP contribution < -0.4 is 11.0 Å². The van der Waals surface area contributed by atoms with E-state index in [0.29, 0.717) is 21.9 Å². The third-order valence-corrected chi connectivity index (χ3v) is 3.23. The van der Waals surface area contributed by atoms with E-state index in [-0.39, 0.29) is 5.88 Å². The maximum atomic E-state index is 11.9. The molecule has 3 aromatic rings. The summed E-state index contributed by atoms with van der Waals surface area (Å²) in [5.74, 6) is -0.740. The van der Waals surface area contributed by atoms with Gasteiger partial charge in [-0.25, -0.2) is 5.43 Å². The number of benzene rings is 1. The van der Waals surface area contributed by atoms with Gasteiger partial charge in [0.15, 0.2) is 0 Å². The van der Waals surface area contributed by atoms with Crippen molar-refractivity contribution in [2.75, 3.05) is 0 Å². The maximum Gasteiger partial charge on any atom is 0.272 e. The van der Waals surface area contributed by atoms with Gasteiger partial charge < -0.3 is 5.11 Å². The first-order chi connectivity index (χ1) is 11.2. The molecule has 114 valence electrons. The third-order valence-electron chi connectivity index (χ3n) is 3.23. The van der Waals surface area contributed by atoms with E-state index < -0.39 is 11.5 Å². The van der Waals surface area contributed by atoms with Crippen LogP contribution in [0.3, 0.4) is 0 Å². The lowest BCUT2D eigenvalue weighted by Crippen LogP contribution is -2.18. The minimum atomic E-state index is -0.428. The highest BCUT2D eigenvalue weighted by Gasteiger charge is 2.09. The van der Waals surface area contributed by atoms with Crippen LogP contribution in [0.5, 0.6) is 5.88 Å². The zero-order valence-corrected chi connectivity index (χ0v) is 11.9. The normalized spacial score (nSPS) is 11.0. The number of nitrogens with zero attached hydrogens (tertiary/aromatic N) is 2. The Labute approximate surface area is 130 Å². The molecule has 3 N–H and O–H groups in total. The fourth-order valence-electron chi connectivity index (χ4n) is 2.13. The van der Waals surface area contributed by atoms with Crippen molar-refractivity contribution in [1.82, 2.24) is 15.4 Å². The minimum absolute atomic E-state index is 0.312. The number of H-pyrrole nitrogens is 1. The molecule has 0 fully saturated rings. The van der Waals surface area contributed by atoms with Gasteiger partial charge in [0.05, 0.1) is 17.3 Å². The number of pyridine rings is 2. The SMILES string of the molecule is O=C(N/N=C/c1c(O)[nH]c(=O)c2ccccc12)c1cccnc1. The second-order valence-corrected chi connectivity index (χ2v) is 4.70. The summed E-state index contributed by atoms with van der Waals surface area (Å²) in [6.07, 6.45) is 4.25. The van der Waals surface area contributed by atoms with E-state index in [2.05, 4.69) is 20.5 Å². The van der Waals surface area contributed by atoms with Gasteiger partial charge >= 0.3 is 0 Å². The first-order valence-corrected chi connectivity index (χ1v) is 6.74. The van der Waals surface area contributed by atoms with Crippen LogP contribution in [0.4, 0.5) is 0 Å². The van der Waals surface area contributed by atoms with E-state index in [0.717, 1.165) is 0 Å². The zero-order chi connectivity index (χ0) is 16.2. The molecule has 7 heteroatoms. The molecule has 0 radical (unpaired) electrons. The summed E-state index contributed by atoms with van der Waals surface area (Å²) in [6.45, 7) is 0. The number of aromatic nitrogens is 2. The van der Waals surface area contributed by atoms with Crippen molar-refractivity contribution in [2.24, 2.45) is 5.10 Å². The fourth-order valence-corrected chi connectivity index (χ4v) is 2.13. The van der Waals surface area contributed by atoms with Crippen molar-refractivity contribution in [2.45, 2.75) is 0 Å². The number of aromatic hydroxyl groups is 1. The van der Waals surface area contributed by atoms with Gasteiger partial charge in [0.25, 0.3) is 11.5 Å². The lowest BCUT2D eigenvalue weighted by molar-refractivity contribution is 0.0954. The van der Waals surface area contributed by atoms with Gasteiger partial charge in [-0.05, 0) is 18.2 Å². The van der Waals surface area contributed by atoms with Crippen molar-refractivity contribution < 1.29 is 9.90 Å². The molecular weight excluding hydrogens is 296 g/mol. The van der Waals surface area contributed by atoms with Crippen LogP contribution >= 0.6 is 0 Å². The monoisotopic (exact) mass is 308 g/mol. The van der Waals surface area contributed by atoms with E-state index >= 15 is 0 Å². The summed E-state index contributed by atoms with van der Waals surface area (Å²) >= 11 is 0. The number of fused-ring (bicyclic) bond motifs is 1. The van der Waals surface area contributed by atoms with E-state index in [4.69, 9.17) is 0 Å². The summed E-state index contributed by atoms with van der Waals surface area (Å²) < 4.78 is 0.